The Morgan fingerprint density at radius 1 is 1.75 bits per heavy atom. The highest BCUT2D eigenvalue weighted by Gasteiger charge is 2.51. The molecule has 1 fully saturated rings. The van der Waals surface area contributed by atoms with Gasteiger partial charge in [0.05, 0.1) is 13.7 Å². The predicted molar refractivity (Wildman–Crippen MR) is 57.2 cm³/mol. The maximum Gasteiger partial charge on any atom is 0.354 e. The molecule has 2 rings (SSSR count). The van der Waals surface area contributed by atoms with Crippen LogP contribution in [0.25, 0.3) is 0 Å². The molecule has 0 saturated carbocycles. The van der Waals surface area contributed by atoms with Crippen LogP contribution in [-0.2, 0) is 14.3 Å². The number of amides is 1. The Kier molecular flexibility index (Phi) is 2.92. The van der Waals surface area contributed by atoms with E-state index in [1.54, 1.807) is 0 Å². The smallest absolute Gasteiger partial charge is 0.354 e. The number of thioether (sulfide) groups is 1. The Hall–Kier alpha value is -1.05. The molecule has 0 aromatic rings. The first kappa shape index (κ1) is 11.4. The number of aliphatic hydroxyl groups excluding tert-OH is 1. The molecule has 0 bridgehead atoms. The molecule has 2 aliphatic heterocycles. The van der Waals surface area contributed by atoms with Crippen molar-refractivity contribution < 1.29 is 19.4 Å². The van der Waals surface area contributed by atoms with E-state index in [0.717, 1.165) is 0 Å². The summed E-state index contributed by atoms with van der Waals surface area (Å²) in [5, 5.41) is 8.93. The molecule has 2 heterocycles. The van der Waals surface area contributed by atoms with Crippen LogP contribution in [0.1, 0.15) is 0 Å². The Labute approximate surface area is 96.4 Å². The monoisotopic (exact) mass is 244 g/mol. The van der Waals surface area contributed by atoms with Crippen molar-refractivity contribution in [3.05, 3.63) is 11.3 Å². The van der Waals surface area contributed by atoms with Gasteiger partial charge in [-0.05, 0) is 5.57 Å². The number of aliphatic hydroxyl groups is 1. The molecular formula is C9H12N2O4S. The van der Waals surface area contributed by atoms with Gasteiger partial charge in [-0.1, -0.05) is 0 Å². The summed E-state index contributed by atoms with van der Waals surface area (Å²) < 4.78 is 4.61. The van der Waals surface area contributed by atoms with Gasteiger partial charge in [0.25, 0.3) is 0 Å². The molecule has 0 aliphatic carbocycles. The van der Waals surface area contributed by atoms with Crippen LogP contribution in [0, 0.1) is 0 Å². The highest BCUT2D eigenvalue weighted by molar-refractivity contribution is 8.00. The fraction of sp³-hybridized carbons (Fsp3) is 0.556. The van der Waals surface area contributed by atoms with Gasteiger partial charge >= 0.3 is 5.97 Å². The van der Waals surface area contributed by atoms with Gasteiger partial charge in [-0.3, -0.25) is 9.69 Å². The molecule has 2 unspecified atom stereocenters. The average Bonchev–Trinajstić information content (AvgIpc) is 2.34. The number of hydrogen-bond donors (Lipinski definition) is 2. The highest BCUT2D eigenvalue weighted by atomic mass is 32.2. The second kappa shape index (κ2) is 4.08. The number of methoxy groups -OCH3 is 1. The van der Waals surface area contributed by atoms with Gasteiger partial charge in [0.15, 0.2) is 0 Å². The van der Waals surface area contributed by atoms with Crippen LogP contribution < -0.4 is 5.73 Å². The van der Waals surface area contributed by atoms with Crippen LogP contribution in [0.15, 0.2) is 11.3 Å². The Morgan fingerprint density at radius 2 is 2.44 bits per heavy atom. The van der Waals surface area contributed by atoms with Crippen LogP contribution in [0.4, 0.5) is 0 Å². The molecular weight excluding hydrogens is 232 g/mol. The van der Waals surface area contributed by atoms with Crippen molar-refractivity contribution in [2.75, 3.05) is 19.5 Å². The number of carbonyl (C=O) groups is 2. The molecule has 3 N–H and O–H groups in total. The quantitative estimate of drug-likeness (QED) is 0.461. The maximum absolute atomic E-state index is 11.6. The average molecular weight is 244 g/mol. The minimum Gasteiger partial charge on any atom is -0.464 e. The van der Waals surface area contributed by atoms with E-state index in [-0.39, 0.29) is 23.6 Å². The van der Waals surface area contributed by atoms with Gasteiger partial charge in [0, 0.05) is 5.75 Å². The zero-order valence-electron chi connectivity index (χ0n) is 8.67. The van der Waals surface area contributed by atoms with Crippen LogP contribution >= 0.6 is 11.8 Å². The molecule has 2 atom stereocenters. The third-order valence-electron chi connectivity index (χ3n) is 2.66. The molecule has 0 aromatic heterocycles. The molecule has 1 saturated heterocycles. The van der Waals surface area contributed by atoms with Crippen molar-refractivity contribution in [2.45, 2.75) is 11.4 Å². The summed E-state index contributed by atoms with van der Waals surface area (Å²) in [7, 11) is 1.24. The van der Waals surface area contributed by atoms with E-state index in [2.05, 4.69) is 4.74 Å². The number of nitrogens with two attached hydrogens (primary N) is 1. The Morgan fingerprint density at radius 3 is 3.00 bits per heavy atom. The second-order valence-electron chi connectivity index (χ2n) is 3.54. The number of nitrogens with zero attached hydrogens (tertiary/aromatic N) is 1. The summed E-state index contributed by atoms with van der Waals surface area (Å²) in [6, 6.07) is -0.565. The normalized spacial score (nSPS) is 28.7. The van der Waals surface area contributed by atoms with Crippen LogP contribution in [0.5, 0.6) is 0 Å². The number of hydrogen-bond acceptors (Lipinski definition) is 6. The van der Waals surface area contributed by atoms with Crippen molar-refractivity contribution in [2.24, 2.45) is 5.73 Å². The van der Waals surface area contributed by atoms with Crippen molar-refractivity contribution in [3.8, 4) is 0 Å². The SMILES string of the molecule is COC(=O)C1=C(CO)CSC2C(N)C(=O)N12. The van der Waals surface area contributed by atoms with E-state index in [4.69, 9.17) is 10.8 Å². The van der Waals surface area contributed by atoms with Gasteiger partial charge in [-0.2, -0.15) is 0 Å². The number of carbonyl (C=O) groups excluding carboxylic acids is 2. The number of ether oxygens (including phenoxy) is 1. The van der Waals surface area contributed by atoms with Gasteiger partial charge in [0.1, 0.15) is 17.1 Å². The maximum atomic E-state index is 11.6. The van der Waals surface area contributed by atoms with Crippen LogP contribution in [-0.4, -0.2) is 52.8 Å². The first-order valence-corrected chi connectivity index (χ1v) is 5.78. The Balaban J connectivity index is 2.36. The molecule has 6 nitrogen and oxygen atoms in total. The lowest BCUT2D eigenvalue weighted by molar-refractivity contribution is -0.149. The zero-order valence-corrected chi connectivity index (χ0v) is 9.49. The zero-order chi connectivity index (χ0) is 11.9. The summed E-state index contributed by atoms with van der Waals surface area (Å²) in [4.78, 5) is 24.4. The number of esters is 1. The third kappa shape index (κ3) is 1.43. The van der Waals surface area contributed by atoms with Gasteiger partial charge < -0.3 is 15.6 Å². The van der Waals surface area contributed by atoms with Crippen molar-refractivity contribution in [3.63, 3.8) is 0 Å². The molecule has 2 aliphatic rings. The van der Waals surface area contributed by atoms with Crippen LogP contribution in [0.2, 0.25) is 0 Å². The molecule has 7 heteroatoms. The fourth-order valence-corrected chi connectivity index (χ4v) is 3.07. The second-order valence-corrected chi connectivity index (χ2v) is 4.64. The number of fused-ring (bicyclic) bond motifs is 1. The molecule has 1 amide bonds. The fourth-order valence-electron chi connectivity index (χ4n) is 1.79. The van der Waals surface area contributed by atoms with E-state index in [9.17, 15) is 9.59 Å². The number of β-lactam (4-membered cyclic amide) rings is 1. The van der Waals surface area contributed by atoms with E-state index >= 15 is 0 Å². The van der Waals surface area contributed by atoms with Crippen molar-refractivity contribution >= 4 is 23.6 Å². The van der Waals surface area contributed by atoms with Crippen LogP contribution in [0.3, 0.4) is 0 Å². The Bertz CT molecular complexity index is 382. The molecule has 0 spiro atoms. The number of rotatable bonds is 2. The van der Waals surface area contributed by atoms with Crippen molar-refractivity contribution in [1.29, 1.82) is 0 Å². The van der Waals surface area contributed by atoms with Gasteiger partial charge in [-0.25, -0.2) is 4.79 Å². The lowest BCUT2D eigenvalue weighted by atomic mass is 10.0. The minimum absolute atomic E-state index is 0.153. The standard InChI is InChI=1S/C9H12N2O4S/c1-15-9(14)6-4(2-12)3-16-8-5(10)7(13)11(6)8/h5,8,12H,2-3,10H2,1H3. The highest BCUT2D eigenvalue weighted by Crippen LogP contribution is 2.39. The van der Waals surface area contributed by atoms with Gasteiger partial charge in [0.2, 0.25) is 5.91 Å². The first-order chi connectivity index (χ1) is 7.61. The molecule has 0 radical (unpaired) electrons. The van der Waals surface area contributed by atoms with E-state index < -0.39 is 12.0 Å². The summed E-state index contributed by atoms with van der Waals surface area (Å²) >= 11 is 1.44. The largest absolute Gasteiger partial charge is 0.464 e. The van der Waals surface area contributed by atoms with Crippen molar-refractivity contribution in [1.82, 2.24) is 4.90 Å². The molecule has 16 heavy (non-hydrogen) atoms. The summed E-state index contributed by atoms with van der Waals surface area (Å²) in [5.74, 6) is -0.415. The lowest BCUT2D eigenvalue weighted by Crippen LogP contribution is -2.68. The summed E-state index contributed by atoms with van der Waals surface area (Å²) in [6.07, 6.45) is 0. The first-order valence-electron chi connectivity index (χ1n) is 4.73. The molecule has 0 aromatic carbocycles. The lowest BCUT2D eigenvalue weighted by Gasteiger charge is -2.48. The topological polar surface area (TPSA) is 92.9 Å². The third-order valence-corrected chi connectivity index (χ3v) is 4.02. The van der Waals surface area contributed by atoms with E-state index in [1.807, 2.05) is 0 Å². The predicted octanol–water partition coefficient (Wildman–Crippen LogP) is -1.35. The summed E-state index contributed by atoms with van der Waals surface area (Å²) in [6.45, 7) is -0.261. The summed E-state index contributed by atoms with van der Waals surface area (Å²) in [5.41, 5.74) is 6.28. The van der Waals surface area contributed by atoms with E-state index in [0.29, 0.717) is 11.3 Å². The van der Waals surface area contributed by atoms with Gasteiger partial charge in [-0.15, -0.1) is 11.8 Å². The van der Waals surface area contributed by atoms with E-state index in [1.165, 1.54) is 23.8 Å². The minimum atomic E-state index is -0.602. The molecule has 88 valence electrons.